The Kier molecular flexibility index (Phi) is 3.11. The van der Waals surface area contributed by atoms with Crippen LogP contribution in [0.5, 0.6) is 0 Å². The Morgan fingerprint density at radius 1 is 1.16 bits per heavy atom. The van der Waals surface area contributed by atoms with E-state index in [0.29, 0.717) is 5.76 Å². The molecule has 3 nitrogen and oxygen atoms in total. The molecule has 3 rings (SSSR count). The predicted molar refractivity (Wildman–Crippen MR) is 75.7 cm³/mol. The summed E-state index contributed by atoms with van der Waals surface area (Å²) < 4.78 is 5.48. The van der Waals surface area contributed by atoms with Crippen molar-refractivity contribution in [3.8, 4) is 11.3 Å². The van der Waals surface area contributed by atoms with Gasteiger partial charge in [0.2, 0.25) is 0 Å². The summed E-state index contributed by atoms with van der Waals surface area (Å²) in [6, 6.07) is 9.97. The highest BCUT2D eigenvalue weighted by atomic mass is 16.3. The van der Waals surface area contributed by atoms with Crippen molar-refractivity contribution in [1.82, 2.24) is 0 Å². The fraction of sp³-hybridized carbons (Fsp3) is 0.312. The molecule has 1 aliphatic heterocycles. The standard InChI is InChI=1S/C16H17NO2/c1-12-10-13(17-8-2-3-9-17)4-6-15(12)16-7-5-14(11-18)19-16/h4-7,10-11H,2-3,8-9H2,1H3. The lowest BCUT2D eigenvalue weighted by Crippen LogP contribution is -2.17. The van der Waals surface area contributed by atoms with Gasteiger partial charge >= 0.3 is 0 Å². The summed E-state index contributed by atoms with van der Waals surface area (Å²) in [6.07, 6.45) is 3.29. The lowest BCUT2D eigenvalue weighted by molar-refractivity contribution is 0.110. The van der Waals surface area contributed by atoms with E-state index in [1.54, 1.807) is 6.07 Å². The number of aldehydes is 1. The third-order valence-corrected chi connectivity index (χ3v) is 3.69. The summed E-state index contributed by atoms with van der Waals surface area (Å²) in [5, 5.41) is 0. The number of hydrogen-bond acceptors (Lipinski definition) is 3. The fourth-order valence-corrected chi connectivity index (χ4v) is 2.66. The second kappa shape index (κ2) is 4.92. The molecule has 3 heteroatoms. The maximum absolute atomic E-state index is 10.7. The van der Waals surface area contributed by atoms with Gasteiger partial charge in [0.25, 0.3) is 0 Å². The maximum Gasteiger partial charge on any atom is 0.185 e. The van der Waals surface area contributed by atoms with E-state index < -0.39 is 0 Å². The van der Waals surface area contributed by atoms with Crippen molar-refractivity contribution in [1.29, 1.82) is 0 Å². The van der Waals surface area contributed by atoms with Gasteiger partial charge in [0.1, 0.15) is 5.76 Å². The Morgan fingerprint density at radius 2 is 1.95 bits per heavy atom. The van der Waals surface area contributed by atoms with E-state index in [2.05, 4.69) is 30.0 Å². The zero-order valence-corrected chi connectivity index (χ0v) is 11.1. The van der Waals surface area contributed by atoms with E-state index in [0.717, 1.165) is 30.7 Å². The SMILES string of the molecule is Cc1cc(N2CCCC2)ccc1-c1ccc(C=O)o1. The predicted octanol–water partition coefficient (Wildman–Crippen LogP) is 3.67. The largest absolute Gasteiger partial charge is 0.453 e. The lowest BCUT2D eigenvalue weighted by Gasteiger charge is -2.18. The van der Waals surface area contributed by atoms with Gasteiger partial charge in [0.05, 0.1) is 0 Å². The van der Waals surface area contributed by atoms with Crippen LogP contribution in [0.15, 0.2) is 34.7 Å². The number of benzene rings is 1. The summed E-state index contributed by atoms with van der Waals surface area (Å²) in [5.41, 5.74) is 3.51. The van der Waals surface area contributed by atoms with Crippen LogP contribution in [0, 0.1) is 6.92 Å². The minimum absolute atomic E-state index is 0.373. The number of hydrogen-bond donors (Lipinski definition) is 0. The quantitative estimate of drug-likeness (QED) is 0.785. The van der Waals surface area contributed by atoms with Crippen molar-refractivity contribution in [2.75, 3.05) is 18.0 Å². The summed E-state index contributed by atoms with van der Waals surface area (Å²) >= 11 is 0. The first-order valence-electron chi connectivity index (χ1n) is 6.69. The van der Waals surface area contributed by atoms with Crippen LogP contribution in [-0.2, 0) is 0 Å². The van der Waals surface area contributed by atoms with Gasteiger partial charge in [-0.2, -0.15) is 0 Å². The molecule has 0 N–H and O–H groups in total. The number of aryl methyl sites for hydroxylation is 1. The van der Waals surface area contributed by atoms with Crippen molar-refractivity contribution in [3.63, 3.8) is 0 Å². The van der Waals surface area contributed by atoms with Crippen LogP contribution in [0.4, 0.5) is 5.69 Å². The molecule has 1 aromatic heterocycles. The Balaban J connectivity index is 1.92. The monoisotopic (exact) mass is 255 g/mol. The summed E-state index contributed by atoms with van der Waals surface area (Å²) in [4.78, 5) is 13.1. The first-order valence-corrected chi connectivity index (χ1v) is 6.69. The third kappa shape index (κ3) is 2.28. The molecular weight excluding hydrogens is 238 g/mol. The van der Waals surface area contributed by atoms with E-state index >= 15 is 0 Å². The highest BCUT2D eigenvalue weighted by Crippen LogP contribution is 2.29. The zero-order valence-electron chi connectivity index (χ0n) is 11.1. The molecule has 0 saturated carbocycles. The first kappa shape index (κ1) is 12.0. The second-order valence-electron chi connectivity index (χ2n) is 5.01. The van der Waals surface area contributed by atoms with Crippen molar-refractivity contribution in [2.45, 2.75) is 19.8 Å². The number of nitrogens with zero attached hydrogens (tertiary/aromatic N) is 1. The van der Waals surface area contributed by atoms with Crippen LogP contribution in [0.2, 0.25) is 0 Å². The molecule has 0 radical (unpaired) electrons. The molecule has 1 aromatic carbocycles. The van der Waals surface area contributed by atoms with Crippen LogP contribution in [0.3, 0.4) is 0 Å². The number of carbonyl (C=O) groups excluding carboxylic acids is 1. The molecule has 0 amide bonds. The molecule has 0 atom stereocenters. The van der Waals surface area contributed by atoms with Gasteiger partial charge in [0, 0.05) is 24.3 Å². The maximum atomic E-state index is 10.7. The normalized spacial score (nSPS) is 14.9. The second-order valence-corrected chi connectivity index (χ2v) is 5.01. The number of anilines is 1. The summed E-state index contributed by atoms with van der Waals surface area (Å²) in [6.45, 7) is 4.38. The minimum atomic E-state index is 0.373. The van der Waals surface area contributed by atoms with Crippen LogP contribution in [0.1, 0.15) is 29.0 Å². The summed E-state index contributed by atoms with van der Waals surface area (Å²) in [5.74, 6) is 1.13. The average molecular weight is 255 g/mol. The Hall–Kier alpha value is -2.03. The van der Waals surface area contributed by atoms with Gasteiger partial charge in [0.15, 0.2) is 12.0 Å². The Labute approximate surface area is 112 Å². The molecule has 0 bridgehead atoms. The van der Waals surface area contributed by atoms with Gasteiger partial charge in [-0.15, -0.1) is 0 Å². The molecule has 0 aliphatic carbocycles. The Morgan fingerprint density at radius 3 is 2.58 bits per heavy atom. The first-order chi connectivity index (χ1) is 9.28. The lowest BCUT2D eigenvalue weighted by atomic mass is 10.1. The van der Waals surface area contributed by atoms with Crippen molar-refractivity contribution in [3.05, 3.63) is 41.7 Å². The average Bonchev–Trinajstić information content (AvgIpc) is 3.10. The third-order valence-electron chi connectivity index (χ3n) is 3.69. The minimum Gasteiger partial charge on any atom is -0.453 e. The molecule has 1 aliphatic rings. The van der Waals surface area contributed by atoms with Gasteiger partial charge in [-0.1, -0.05) is 0 Å². The van der Waals surface area contributed by atoms with Crippen molar-refractivity contribution >= 4 is 12.0 Å². The number of rotatable bonds is 3. The zero-order chi connectivity index (χ0) is 13.2. The highest BCUT2D eigenvalue weighted by Gasteiger charge is 2.14. The van der Waals surface area contributed by atoms with Gasteiger partial charge in [-0.25, -0.2) is 0 Å². The molecule has 2 aromatic rings. The van der Waals surface area contributed by atoms with E-state index in [-0.39, 0.29) is 0 Å². The molecule has 0 unspecified atom stereocenters. The number of carbonyl (C=O) groups is 1. The van der Waals surface area contributed by atoms with Gasteiger partial charge in [-0.3, -0.25) is 4.79 Å². The van der Waals surface area contributed by atoms with Crippen LogP contribution < -0.4 is 4.90 Å². The molecule has 0 spiro atoms. The molecule has 98 valence electrons. The van der Waals surface area contributed by atoms with Gasteiger partial charge < -0.3 is 9.32 Å². The number of furan rings is 1. The molecular formula is C16H17NO2. The van der Waals surface area contributed by atoms with Crippen molar-refractivity contribution in [2.24, 2.45) is 0 Å². The van der Waals surface area contributed by atoms with Crippen LogP contribution >= 0.6 is 0 Å². The van der Waals surface area contributed by atoms with E-state index in [1.807, 2.05) is 6.07 Å². The Bertz CT molecular complexity index is 595. The van der Waals surface area contributed by atoms with Crippen LogP contribution in [0.25, 0.3) is 11.3 Å². The van der Waals surface area contributed by atoms with E-state index in [1.165, 1.54) is 24.1 Å². The van der Waals surface area contributed by atoms with Crippen molar-refractivity contribution < 1.29 is 9.21 Å². The topological polar surface area (TPSA) is 33.5 Å². The van der Waals surface area contributed by atoms with E-state index in [9.17, 15) is 4.79 Å². The van der Waals surface area contributed by atoms with Crippen LogP contribution in [-0.4, -0.2) is 19.4 Å². The molecule has 19 heavy (non-hydrogen) atoms. The molecule has 1 saturated heterocycles. The molecule has 2 heterocycles. The fourth-order valence-electron chi connectivity index (χ4n) is 2.66. The molecule has 1 fully saturated rings. The van der Waals surface area contributed by atoms with Gasteiger partial charge in [-0.05, 0) is 55.7 Å². The highest BCUT2D eigenvalue weighted by molar-refractivity contribution is 5.74. The smallest absolute Gasteiger partial charge is 0.185 e. The van der Waals surface area contributed by atoms with E-state index in [4.69, 9.17) is 4.42 Å². The summed E-state index contributed by atoms with van der Waals surface area (Å²) in [7, 11) is 0.